The van der Waals surface area contributed by atoms with Crippen molar-refractivity contribution >= 4 is 40.4 Å². The molecule has 0 radical (unpaired) electrons. The molecular weight excluding hydrogens is 316 g/mol. The first kappa shape index (κ1) is 15.2. The number of aromatic nitrogens is 4. The van der Waals surface area contributed by atoms with Crippen molar-refractivity contribution in [2.45, 2.75) is 13.5 Å². The molecule has 0 aliphatic rings. The second-order valence-electron chi connectivity index (χ2n) is 4.96. The van der Waals surface area contributed by atoms with Gasteiger partial charge < -0.3 is 15.2 Å². The number of carbonyl (C=O) groups is 1. The van der Waals surface area contributed by atoms with Crippen molar-refractivity contribution < 1.29 is 4.79 Å². The summed E-state index contributed by atoms with van der Waals surface area (Å²) in [6.45, 7) is 1.95. The van der Waals surface area contributed by atoms with E-state index in [0.717, 1.165) is 5.56 Å². The predicted octanol–water partition coefficient (Wildman–Crippen LogP) is 2.53. The number of hydrogen-bond acceptors (Lipinski definition) is 5. The molecule has 0 atom stereocenters. The first-order chi connectivity index (χ1) is 11.1. The monoisotopic (exact) mass is 330 g/mol. The minimum absolute atomic E-state index is 0.215. The van der Waals surface area contributed by atoms with E-state index in [0.29, 0.717) is 34.5 Å². The number of anilines is 2. The summed E-state index contributed by atoms with van der Waals surface area (Å²) in [7, 11) is 1.72. The average Bonchev–Trinajstić information content (AvgIpc) is 2.92. The summed E-state index contributed by atoms with van der Waals surface area (Å²) in [6, 6.07) is 7.60. The highest BCUT2D eigenvalue weighted by Gasteiger charge is 2.14. The molecule has 8 heteroatoms. The Bertz CT molecular complexity index is 876. The van der Waals surface area contributed by atoms with E-state index in [1.54, 1.807) is 13.4 Å². The average molecular weight is 331 g/mol. The van der Waals surface area contributed by atoms with E-state index in [1.165, 1.54) is 6.92 Å². The molecule has 0 saturated carbocycles. The number of benzene rings is 1. The molecule has 3 aromatic rings. The number of nitrogens with zero attached hydrogens (tertiary/aromatic N) is 4. The van der Waals surface area contributed by atoms with Crippen LogP contribution in [0.15, 0.2) is 30.6 Å². The number of rotatable bonds is 4. The van der Waals surface area contributed by atoms with Crippen LogP contribution >= 0.6 is 11.6 Å². The second-order valence-corrected chi connectivity index (χ2v) is 5.37. The molecule has 118 valence electrons. The van der Waals surface area contributed by atoms with Gasteiger partial charge in [0.05, 0.1) is 12.9 Å². The lowest BCUT2D eigenvalue weighted by Gasteiger charge is -2.08. The molecule has 23 heavy (non-hydrogen) atoms. The number of halogens is 1. The zero-order valence-electron chi connectivity index (χ0n) is 12.7. The van der Waals surface area contributed by atoms with E-state index in [1.807, 2.05) is 28.8 Å². The molecule has 0 spiro atoms. The molecule has 0 bridgehead atoms. The lowest BCUT2D eigenvalue weighted by atomic mass is 10.2. The summed E-state index contributed by atoms with van der Waals surface area (Å²) in [6.07, 6.45) is 1.66. The van der Waals surface area contributed by atoms with Crippen molar-refractivity contribution in [3.63, 3.8) is 0 Å². The first-order valence-corrected chi connectivity index (χ1v) is 7.38. The fourth-order valence-corrected chi connectivity index (χ4v) is 2.43. The summed E-state index contributed by atoms with van der Waals surface area (Å²) in [5.74, 6) is 0.569. The predicted molar refractivity (Wildman–Crippen MR) is 89.7 cm³/mol. The van der Waals surface area contributed by atoms with Gasteiger partial charge in [-0.3, -0.25) is 4.79 Å². The van der Waals surface area contributed by atoms with Gasteiger partial charge in [0, 0.05) is 19.0 Å². The smallest absolute Gasteiger partial charge is 0.226 e. The highest BCUT2D eigenvalue weighted by molar-refractivity contribution is 6.31. The van der Waals surface area contributed by atoms with Gasteiger partial charge in [-0.25, -0.2) is 4.98 Å². The summed E-state index contributed by atoms with van der Waals surface area (Å²) < 4.78 is 1.87. The number of carbonyl (C=O) groups excluding carboxylic acids is 1. The van der Waals surface area contributed by atoms with Crippen molar-refractivity contribution in [2.75, 3.05) is 17.7 Å². The minimum Gasteiger partial charge on any atom is -0.357 e. The molecule has 0 unspecified atom stereocenters. The minimum atomic E-state index is -0.215. The van der Waals surface area contributed by atoms with Crippen LogP contribution in [0.4, 0.5) is 11.8 Å². The molecule has 0 fully saturated rings. The van der Waals surface area contributed by atoms with Crippen LogP contribution in [-0.4, -0.2) is 32.5 Å². The quantitative estimate of drug-likeness (QED) is 0.768. The van der Waals surface area contributed by atoms with Crippen molar-refractivity contribution in [1.29, 1.82) is 0 Å². The second kappa shape index (κ2) is 6.21. The Hall–Kier alpha value is -2.67. The molecule has 1 amide bonds. The third-order valence-corrected chi connectivity index (χ3v) is 3.65. The van der Waals surface area contributed by atoms with Crippen LogP contribution in [0.5, 0.6) is 0 Å². The highest BCUT2D eigenvalue weighted by atomic mass is 35.5. The Kier molecular flexibility index (Phi) is 4.12. The van der Waals surface area contributed by atoms with Crippen molar-refractivity contribution in [3.05, 3.63) is 41.2 Å². The third-order valence-electron chi connectivity index (χ3n) is 3.28. The third kappa shape index (κ3) is 3.09. The molecule has 0 aliphatic heterocycles. The molecular formula is C15H15ClN6O. The Morgan fingerprint density at radius 2 is 2.09 bits per heavy atom. The van der Waals surface area contributed by atoms with Gasteiger partial charge in [-0.1, -0.05) is 29.8 Å². The van der Waals surface area contributed by atoms with Crippen molar-refractivity contribution in [2.24, 2.45) is 0 Å². The normalized spacial score (nSPS) is 10.7. The van der Waals surface area contributed by atoms with Crippen LogP contribution in [-0.2, 0) is 11.3 Å². The summed E-state index contributed by atoms with van der Waals surface area (Å²) in [5, 5.41) is 6.24. The Morgan fingerprint density at radius 3 is 2.78 bits per heavy atom. The molecule has 0 aliphatic carbocycles. The summed E-state index contributed by atoms with van der Waals surface area (Å²) >= 11 is 6.22. The van der Waals surface area contributed by atoms with Gasteiger partial charge >= 0.3 is 0 Å². The zero-order chi connectivity index (χ0) is 16.4. The van der Waals surface area contributed by atoms with E-state index < -0.39 is 0 Å². The Morgan fingerprint density at radius 1 is 1.30 bits per heavy atom. The number of hydrogen-bond donors (Lipinski definition) is 2. The van der Waals surface area contributed by atoms with Crippen LogP contribution < -0.4 is 10.6 Å². The summed E-state index contributed by atoms with van der Waals surface area (Å²) in [4.78, 5) is 24.4. The molecule has 2 aromatic heterocycles. The maximum absolute atomic E-state index is 11.4. The Labute approximate surface area is 137 Å². The molecule has 3 rings (SSSR count). The van der Waals surface area contributed by atoms with Gasteiger partial charge in [-0.2, -0.15) is 9.97 Å². The number of imidazole rings is 1. The number of nitrogens with one attached hydrogen (secondary N) is 2. The standard InChI is InChI=1S/C15H15ClN6O/c1-9(23)19-13-12-14(21-15(17-2)20-13)22(8-18-12)7-10-5-3-4-6-11(10)16/h3-6,8H,7H2,1-2H3,(H2,17,19,20,21,23). The van der Waals surface area contributed by atoms with Crippen molar-refractivity contribution in [3.8, 4) is 0 Å². The van der Waals surface area contributed by atoms with Gasteiger partial charge in [0.25, 0.3) is 0 Å². The van der Waals surface area contributed by atoms with Crippen LogP contribution in [0.25, 0.3) is 11.2 Å². The van der Waals surface area contributed by atoms with Crippen LogP contribution in [0.3, 0.4) is 0 Å². The summed E-state index contributed by atoms with van der Waals surface area (Å²) in [5.41, 5.74) is 2.11. The molecule has 0 saturated heterocycles. The maximum Gasteiger partial charge on any atom is 0.226 e. The van der Waals surface area contributed by atoms with Gasteiger partial charge in [-0.15, -0.1) is 0 Å². The van der Waals surface area contributed by atoms with E-state index in [9.17, 15) is 4.79 Å². The van der Waals surface area contributed by atoms with Gasteiger partial charge in [0.1, 0.15) is 0 Å². The lowest BCUT2D eigenvalue weighted by molar-refractivity contribution is -0.114. The molecule has 7 nitrogen and oxygen atoms in total. The van der Waals surface area contributed by atoms with E-state index in [2.05, 4.69) is 25.6 Å². The van der Waals surface area contributed by atoms with Gasteiger partial charge in [-0.05, 0) is 11.6 Å². The van der Waals surface area contributed by atoms with Crippen LogP contribution in [0.1, 0.15) is 12.5 Å². The fourth-order valence-electron chi connectivity index (χ4n) is 2.24. The van der Waals surface area contributed by atoms with Gasteiger partial charge in [0.15, 0.2) is 17.0 Å². The van der Waals surface area contributed by atoms with Crippen LogP contribution in [0.2, 0.25) is 5.02 Å². The van der Waals surface area contributed by atoms with E-state index in [-0.39, 0.29) is 5.91 Å². The van der Waals surface area contributed by atoms with Crippen LogP contribution in [0, 0.1) is 0 Å². The lowest BCUT2D eigenvalue weighted by Crippen LogP contribution is -2.10. The molecule has 2 N–H and O–H groups in total. The topological polar surface area (TPSA) is 84.7 Å². The maximum atomic E-state index is 11.4. The molecule has 1 aromatic carbocycles. The zero-order valence-corrected chi connectivity index (χ0v) is 13.4. The first-order valence-electron chi connectivity index (χ1n) is 7.00. The molecule has 2 heterocycles. The highest BCUT2D eigenvalue weighted by Crippen LogP contribution is 2.23. The van der Waals surface area contributed by atoms with E-state index >= 15 is 0 Å². The SMILES string of the molecule is CNc1nc(NC(C)=O)c2ncn(Cc3ccccc3Cl)c2n1. The fraction of sp³-hybridized carbons (Fsp3) is 0.200. The van der Waals surface area contributed by atoms with Gasteiger partial charge in [0.2, 0.25) is 11.9 Å². The van der Waals surface area contributed by atoms with Crippen molar-refractivity contribution in [1.82, 2.24) is 19.5 Å². The number of amides is 1. The Balaban J connectivity index is 2.08. The largest absolute Gasteiger partial charge is 0.357 e. The van der Waals surface area contributed by atoms with E-state index in [4.69, 9.17) is 11.6 Å². The number of fused-ring (bicyclic) bond motifs is 1.